The van der Waals surface area contributed by atoms with Crippen LogP contribution >= 0.6 is 11.6 Å². The van der Waals surface area contributed by atoms with Gasteiger partial charge in [-0.05, 0) is 32.5 Å². The molecule has 1 fully saturated rings. The Balaban J connectivity index is 2.42. The molecule has 0 bridgehead atoms. The molecule has 0 aromatic heterocycles. The minimum Gasteiger partial charge on any atom is -0.377 e. The standard InChI is InChI=1S/C14H21ClN2O/c1-14(2)10-18-8-7-17(14)13-11(9-16-3)5-4-6-12(13)15/h4-6,16H,7-10H2,1-3H3. The van der Waals surface area contributed by atoms with Crippen LogP contribution < -0.4 is 10.2 Å². The number of halogens is 1. The fourth-order valence-corrected chi connectivity index (χ4v) is 2.76. The number of nitrogens with one attached hydrogen (secondary N) is 1. The van der Waals surface area contributed by atoms with E-state index in [1.807, 2.05) is 19.2 Å². The summed E-state index contributed by atoms with van der Waals surface area (Å²) in [6.07, 6.45) is 0. The molecule has 3 nitrogen and oxygen atoms in total. The number of hydrogen-bond acceptors (Lipinski definition) is 3. The van der Waals surface area contributed by atoms with Crippen LogP contribution in [-0.4, -0.2) is 32.3 Å². The molecule has 0 atom stereocenters. The molecule has 0 aliphatic carbocycles. The van der Waals surface area contributed by atoms with Crippen LogP contribution in [0.2, 0.25) is 5.02 Å². The molecule has 1 saturated heterocycles. The molecule has 4 heteroatoms. The lowest BCUT2D eigenvalue weighted by molar-refractivity contribution is 0.0643. The first-order valence-electron chi connectivity index (χ1n) is 6.33. The number of benzene rings is 1. The van der Waals surface area contributed by atoms with Crippen LogP contribution in [-0.2, 0) is 11.3 Å². The summed E-state index contributed by atoms with van der Waals surface area (Å²) in [6.45, 7) is 7.58. The van der Waals surface area contributed by atoms with E-state index in [0.29, 0.717) is 0 Å². The van der Waals surface area contributed by atoms with Crippen molar-refractivity contribution in [3.8, 4) is 0 Å². The Bertz CT molecular complexity index is 420. The first kappa shape index (κ1) is 13.7. The number of ether oxygens (including phenoxy) is 1. The highest BCUT2D eigenvalue weighted by Gasteiger charge is 2.32. The number of morpholine rings is 1. The second-order valence-corrected chi connectivity index (χ2v) is 5.70. The molecular formula is C14H21ClN2O. The highest BCUT2D eigenvalue weighted by Crippen LogP contribution is 2.35. The van der Waals surface area contributed by atoms with E-state index in [1.54, 1.807) is 0 Å². The van der Waals surface area contributed by atoms with Crippen molar-refractivity contribution in [2.24, 2.45) is 0 Å². The maximum absolute atomic E-state index is 6.42. The molecule has 18 heavy (non-hydrogen) atoms. The highest BCUT2D eigenvalue weighted by molar-refractivity contribution is 6.33. The van der Waals surface area contributed by atoms with Gasteiger partial charge in [0.25, 0.3) is 0 Å². The third-order valence-corrected chi connectivity index (χ3v) is 3.66. The summed E-state index contributed by atoms with van der Waals surface area (Å²) >= 11 is 6.42. The largest absolute Gasteiger partial charge is 0.377 e. The Morgan fingerprint density at radius 3 is 2.89 bits per heavy atom. The number of hydrogen-bond donors (Lipinski definition) is 1. The van der Waals surface area contributed by atoms with Gasteiger partial charge in [0, 0.05) is 13.1 Å². The van der Waals surface area contributed by atoms with Crippen molar-refractivity contribution in [3.05, 3.63) is 28.8 Å². The fourth-order valence-electron chi connectivity index (χ4n) is 2.47. The van der Waals surface area contributed by atoms with E-state index in [2.05, 4.69) is 30.1 Å². The predicted octanol–water partition coefficient (Wildman–Crippen LogP) is 2.67. The van der Waals surface area contributed by atoms with Gasteiger partial charge in [-0.3, -0.25) is 0 Å². The summed E-state index contributed by atoms with van der Waals surface area (Å²) in [6, 6.07) is 6.09. The van der Waals surface area contributed by atoms with Gasteiger partial charge in [0.15, 0.2) is 0 Å². The van der Waals surface area contributed by atoms with Crippen molar-refractivity contribution in [2.45, 2.75) is 25.9 Å². The van der Waals surface area contributed by atoms with Crippen LogP contribution in [0.25, 0.3) is 0 Å². The minimum atomic E-state index is -0.0221. The second-order valence-electron chi connectivity index (χ2n) is 5.29. The molecule has 0 saturated carbocycles. The third-order valence-electron chi connectivity index (χ3n) is 3.35. The maximum atomic E-state index is 6.42. The summed E-state index contributed by atoms with van der Waals surface area (Å²) in [5.74, 6) is 0. The molecule has 1 aromatic rings. The van der Waals surface area contributed by atoms with Crippen molar-refractivity contribution in [2.75, 3.05) is 31.7 Å². The summed E-state index contributed by atoms with van der Waals surface area (Å²) in [5.41, 5.74) is 2.35. The molecule has 1 aliphatic rings. The van der Waals surface area contributed by atoms with Gasteiger partial charge in [0.2, 0.25) is 0 Å². The van der Waals surface area contributed by atoms with Crippen molar-refractivity contribution in [1.82, 2.24) is 5.32 Å². The number of para-hydroxylation sites is 1. The Hall–Kier alpha value is -0.770. The lowest BCUT2D eigenvalue weighted by atomic mass is 9.99. The fraction of sp³-hybridized carbons (Fsp3) is 0.571. The third kappa shape index (κ3) is 2.63. The highest BCUT2D eigenvalue weighted by atomic mass is 35.5. The van der Waals surface area contributed by atoms with Crippen molar-refractivity contribution >= 4 is 17.3 Å². The van der Waals surface area contributed by atoms with Crippen molar-refractivity contribution in [1.29, 1.82) is 0 Å². The summed E-state index contributed by atoms with van der Waals surface area (Å²) < 4.78 is 5.58. The monoisotopic (exact) mass is 268 g/mol. The number of anilines is 1. The maximum Gasteiger partial charge on any atom is 0.0694 e. The van der Waals surface area contributed by atoms with E-state index in [9.17, 15) is 0 Å². The minimum absolute atomic E-state index is 0.0221. The van der Waals surface area contributed by atoms with Gasteiger partial charge >= 0.3 is 0 Å². The Morgan fingerprint density at radius 2 is 2.22 bits per heavy atom. The average molecular weight is 269 g/mol. The summed E-state index contributed by atoms with van der Waals surface area (Å²) in [5, 5.41) is 4.02. The van der Waals surface area contributed by atoms with Gasteiger partial charge in [-0.2, -0.15) is 0 Å². The van der Waals surface area contributed by atoms with Crippen molar-refractivity contribution < 1.29 is 4.74 Å². The first-order chi connectivity index (χ1) is 8.56. The lowest BCUT2D eigenvalue weighted by Crippen LogP contribution is -2.53. The molecular weight excluding hydrogens is 248 g/mol. The van der Waals surface area contributed by atoms with Crippen LogP contribution in [0.1, 0.15) is 19.4 Å². The van der Waals surface area contributed by atoms with Crippen LogP contribution in [0.5, 0.6) is 0 Å². The predicted molar refractivity (Wildman–Crippen MR) is 76.5 cm³/mol. The molecule has 0 radical (unpaired) electrons. The normalized spacial score (nSPS) is 19.0. The topological polar surface area (TPSA) is 24.5 Å². The van der Waals surface area contributed by atoms with Gasteiger partial charge in [0.1, 0.15) is 0 Å². The van der Waals surface area contributed by atoms with E-state index < -0.39 is 0 Å². The second kappa shape index (κ2) is 5.47. The Kier molecular flexibility index (Phi) is 4.15. The first-order valence-corrected chi connectivity index (χ1v) is 6.71. The molecule has 1 heterocycles. The van der Waals surface area contributed by atoms with Gasteiger partial charge in [0.05, 0.1) is 29.5 Å². The van der Waals surface area contributed by atoms with E-state index in [0.717, 1.165) is 37.0 Å². The van der Waals surface area contributed by atoms with Crippen LogP contribution in [0.3, 0.4) is 0 Å². The van der Waals surface area contributed by atoms with Crippen LogP contribution in [0, 0.1) is 0 Å². The zero-order valence-corrected chi connectivity index (χ0v) is 12.0. The van der Waals surface area contributed by atoms with E-state index in [1.165, 1.54) is 5.56 Å². The van der Waals surface area contributed by atoms with Gasteiger partial charge in [-0.1, -0.05) is 23.7 Å². The molecule has 1 N–H and O–H groups in total. The summed E-state index contributed by atoms with van der Waals surface area (Å²) in [4.78, 5) is 2.37. The molecule has 0 unspecified atom stereocenters. The zero-order valence-electron chi connectivity index (χ0n) is 11.3. The van der Waals surface area contributed by atoms with E-state index in [4.69, 9.17) is 16.3 Å². The molecule has 1 aliphatic heterocycles. The lowest BCUT2D eigenvalue weighted by Gasteiger charge is -2.45. The quantitative estimate of drug-likeness (QED) is 0.912. The van der Waals surface area contributed by atoms with Crippen LogP contribution in [0.4, 0.5) is 5.69 Å². The van der Waals surface area contributed by atoms with Crippen LogP contribution in [0.15, 0.2) is 18.2 Å². The Labute approximate surface area is 114 Å². The van der Waals surface area contributed by atoms with E-state index >= 15 is 0 Å². The van der Waals surface area contributed by atoms with Gasteiger partial charge in [-0.15, -0.1) is 0 Å². The number of nitrogens with zero attached hydrogens (tertiary/aromatic N) is 1. The van der Waals surface area contributed by atoms with Gasteiger partial charge in [-0.25, -0.2) is 0 Å². The Morgan fingerprint density at radius 1 is 1.44 bits per heavy atom. The molecule has 1 aromatic carbocycles. The summed E-state index contributed by atoms with van der Waals surface area (Å²) in [7, 11) is 1.95. The zero-order chi connectivity index (χ0) is 13.2. The molecule has 0 spiro atoms. The van der Waals surface area contributed by atoms with Crippen molar-refractivity contribution in [3.63, 3.8) is 0 Å². The number of rotatable bonds is 3. The average Bonchev–Trinajstić information content (AvgIpc) is 2.31. The molecule has 0 amide bonds. The van der Waals surface area contributed by atoms with Gasteiger partial charge < -0.3 is 15.0 Å². The molecule has 2 rings (SSSR count). The molecule has 100 valence electrons. The van der Waals surface area contributed by atoms with E-state index in [-0.39, 0.29) is 5.54 Å². The smallest absolute Gasteiger partial charge is 0.0694 e. The SMILES string of the molecule is CNCc1cccc(Cl)c1N1CCOCC1(C)C.